The molecule has 92 valence electrons. The minimum atomic E-state index is -0.911. The highest BCUT2D eigenvalue weighted by Crippen LogP contribution is 2.37. The second-order valence-corrected chi connectivity index (χ2v) is 5.10. The second kappa shape index (κ2) is 4.73. The van der Waals surface area contributed by atoms with Crippen LogP contribution in [0.4, 0.5) is 5.69 Å². The van der Waals surface area contributed by atoms with E-state index in [4.69, 9.17) is 5.11 Å². The Bertz CT molecular complexity index is 412. The van der Waals surface area contributed by atoms with Gasteiger partial charge in [-0.05, 0) is 24.3 Å². The SMILES string of the molecule is CC1(CNc2cnccc2C(=O)O)CCCC1. The van der Waals surface area contributed by atoms with E-state index in [9.17, 15) is 4.79 Å². The first-order chi connectivity index (χ1) is 8.11. The number of nitrogens with one attached hydrogen (secondary N) is 1. The van der Waals surface area contributed by atoms with E-state index in [2.05, 4.69) is 17.2 Å². The van der Waals surface area contributed by atoms with Crippen molar-refractivity contribution < 1.29 is 9.90 Å². The number of carboxylic acid groups (broad SMARTS) is 1. The summed E-state index contributed by atoms with van der Waals surface area (Å²) in [5, 5.41) is 12.3. The van der Waals surface area contributed by atoms with E-state index in [1.807, 2.05) is 0 Å². The molecule has 1 aliphatic carbocycles. The van der Waals surface area contributed by atoms with Gasteiger partial charge in [0, 0.05) is 12.7 Å². The zero-order valence-electron chi connectivity index (χ0n) is 10.1. The van der Waals surface area contributed by atoms with Crippen LogP contribution < -0.4 is 5.32 Å². The highest BCUT2D eigenvalue weighted by molar-refractivity contribution is 5.93. The summed E-state index contributed by atoms with van der Waals surface area (Å²) in [4.78, 5) is 15.0. The molecule has 2 N–H and O–H groups in total. The molecular weight excluding hydrogens is 216 g/mol. The molecule has 4 heteroatoms. The maximum absolute atomic E-state index is 11.0. The Labute approximate surface area is 101 Å². The average molecular weight is 234 g/mol. The molecule has 1 fully saturated rings. The predicted octanol–water partition coefficient (Wildman–Crippen LogP) is 2.77. The van der Waals surface area contributed by atoms with Crippen LogP contribution in [0.3, 0.4) is 0 Å². The van der Waals surface area contributed by atoms with Gasteiger partial charge in [0.25, 0.3) is 0 Å². The molecule has 1 aromatic rings. The van der Waals surface area contributed by atoms with Gasteiger partial charge < -0.3 is 10.4 Å². The number of anilines is 1. The summed E-state index contributed by atoms with van der Waals surface area (Å²) >= 11 is 0. The third-order valence-electron chi connectivity index (χ3n) is 3.57. The predicted molar refractivity (Wildman–Crippen MR) is 66.3 cm³/mol. The topological polar surface area (TPSA) is 62.2 Å². The summed E-state index contributed by atoms with van der Waals surface area (Å²) in [6.07, 6.45) is 8.06. The van der Waals surface area contributed by atoms with E-state index < -0.39 is 5.97 Å². The quantitative estimate of drug-likeness (QED) is 0.840. The molecule has 1 aliphatic rings. The molecule has 2 rings (SSSR count). The fraction of sp³-hybridized carbons (Fsp3) is 0.538. The first-order valence-electron chi connectivity index (χ1n) is 6.02. The zero-order chi connectivity index (χ0) is 12.3. The first-order valence-corrected chi connectivity index (χ1v) is 6.02. The van der Waals surface area contributed by atoms with E-state index >= 15 is 0 Å². The molecular formula is C13H18N2O2. The van der Waals surface area contributed by atoms with Crippen LogP contribution in [-0.4, -0.2) is 22.6 Å². The molecule has 17 heavy (non-hydrogen) atoms. The number of hydrogen-bond acceptors (Lipinski definition) is 3. The van der Waals surface area contributed by atoms with Crippen LogP contribution in [0.1, 0.15) is 43.0 Å². The van der Waals surface area contributed by atoms with E-state index in [-0.39, 0.29) is 0 Å². The third kappa shape index (κ3) is 2.75. The highest BCUT2D eigenvalue weighted by Gasteiger charge is 2.28. The maximum Gasteiger partial charge on any atom is 0.337 e. The van der Waals surface area contributed by atoms with Gasteiger partial charge in [-0.25, -0.2) is 4.79 Å². The summed E-state index contributed by atoms with van der Waals surface area (Å²) in [6.45, 7) is 3.07. The normalized spacial score (nSPS) is 17.9. The van der Waals surface area contributed by atoms with Crippen LogP contribution in [-0.2, 0) is 0 Å². The summed E-state index contributed by atoms with van der Waals surface area (Å²) in [7, 11) is 0. The lowest BCUT2D eigenvalue weighted by molar-refractivity contribution is 0.0697. The number of aromatic carboxylic acids is 1. The van der Waals surface area contributed by atoms with E-state index in [1.54, 1.807) is 6.20 Å². The van der Waals surface area contributed by atoms with Crippen LogP contribution in [0.2, 0.25) is 0 Å². The minimum Gasteiger partial charge on any atom is -0.478 e. The number of pyridine rings is 1. The van der Waals surface area contributed by atoms with Crippen molar-refractivity contribution in [3.05, 3.63) is 24.0 Å². The van der Waals surface area contributed by atoms with Crippen molar-refractivity contribution in [1.29, 1.82) is 0 Å². The van der Waals surface area contributed by atoms with Crippen LogP contribution in [0, 0.1) is 5.41 Å². The molecule has 0 aliphatic heterocycles. The summed E-state index contributed by atoms with van der Waals surface area (Å²) in [6, 6.07) is 1.53. The Balaban J connectivity index is 2.06. The number of nitrogens with zero attached hydrogens (tertiary/aromatic N) is 1. The fourth-order valence-corrected chi connectivity index (χ4v) is 2.44. The molecule has 0 atom stereocenters. The minimum absolute atomic E-state index is 0.293. The van der Waals surface area contributed by atoms with Gasteiger partial charge >= 0.3 is 5.97 Å². The van der Waals surface area contributed by atoms with Crippen LogP contribution >= 0.6 is 0 Å². The van der Waals surface area contributed by atoms with Crippen molar-refractivity contribution in [2.24, 2.45) is 5.41 Å². The van der Waals surface area contributed by atoms with E-state index in [0.717, 1.165) is 6.54 Å². The van der Waals surface area contributed by atoms with Crippen LogP contribution in [0.25, 0.3) is 0 Å². The molecule has 0 saturated heterocycles. The molecule has 1 aromatic heterocycles. The zero-order valence-corrected chi connectivity index (χ0v) is 10.1. The number of carbonyl (C=O) groups is 1. The lowest BCUT2D eigenvalue weighted by Crippen LogP contribution is -2.23. The van der Waals surface area contributed by atoms with Gasteiger partial charge in [0.05, 0.1) is 17.4 Å². The molecule has 1 saturated carbocycles. The number of carboxylic acids is 1. The largest absolute Gasteiger partial charge is 0.478 e. The van der Waals surface area contributed by atoms with Gasteiger partial charge in [0.1, 0.15) is 0 Å². The number of aromatic nitrogens is 1. The Kier molecular flexibility index (Phi) is 3.31. The molecule has 0 bridgehead atoms. The molecule has 0 unspecified atom stereocenters. The van der Waals surface area contributed by atoms with E-state index in [1.165, 1.54) is 37.9 Å². The summed E-state index contributed by atoms with van der Waals surface area (Å²) in [5.41, 5.74) is 1.21. The average Bonchev–Trinajstić information content (AvgIpc) is 2.74. The van der Waals surface area contributed by atoms with Gasteiger partial charge in [0.2, 0.25) is 0 Å². The Morgan fingerprint density at radius 2 is 2.24 bits per heavy atom. The molecule has 0 aromatic carbocycles. The van der Waals surface area contributed by atoms with Gasteiger partial charge in [-0.2, -0.15) is 0 Å². The standard InChI is InChI=1S/C13H18N2O2/c1-13(5-2-3-6-13)9-15-11-8-14-7-4-10(11)12(16)17/h4,7-8,15H,2-3,5-6,9H2,1H3,(H,16,17). The fourth-order valence-electron chi connectivity index (χ4n) is 2.44. The van der Waals surface area contributed by atoms with Gasteiger partial charge in [0.15, 0.2) is 0 Å². The van der Waals surface area contributed by atoms with E-state index in [0.29, 0.717) is 16.7 Å². The van der Waals surface area contributed by atoms with Crippen molar-refractivity contribution in [3.63, 3.8) is 0 Å². The van der Waals surface area contributed by atoms with Crippen molar-refractivity contribution >= 4 is 11.7 Å². The van der Waals surface area contributed by atoms with Crippen molar-refractivity contribution in [1.82, 2.24) is 4.98 Å². The highest BCUT2D eigenvalue weighted by atomic mass is 16.4. The third-order valence-corrected chi connectivity index (χ3v) is 3.57. The number of rotatable bonds is 4. The molecule has 0 spiro atoms. The molecule has 1 heterocycles. The van der Waals surface area contributed by atoms with Gasteiger partial charge in [-0.1, -0.05) is 19.8 Å². The Morgan fingerprint density at radius 1 is 1.53 bits per heavy atom. The second-order valence-electron chi connectivity index (χ2n) is 5.10. The number of hydrogen-bond donors (Lipinski definition) is 2. The monoisotopic (exact) mass is 234 g/mol. The smallest absolute Gasteiger partial charge is 0.337 e. The molecule has 0 radical (unpaired) electrons. The molecule has 0 amide bonds. The van der Waals surface area contributed by atoms with Crippen molar-refractivity contribution in [2.75, 3.05) is 11.9 Å². The van der Waals surface area contributed by atoms with Gasteiger partial charge in [-0.15, -0.1) is 0 Å². The summed E-state index contributed by atoms with van der Waals surface area (Å²) in [5.74, 6) is -0.911. The summed E-state index contributed by atoms with van der Waals surface area (Å²) < 4.78 is 0. The lowest BCUT2D eigenvalue weighted by Gasteiger charge is -2.24. The van der Waals surface area contributed by atoms with Gasteiger partial charge in [-0.3, -0.25) is 4.98 Å². The van der Waals surface area contributed by atoms with Crippen molar-refractivity contribution in [2.45, 2.75) is 32.6 Å². The Morgan fingerprint density at radius 3 is 2.88 bits per heavy atom. The molecule has 4 nitrogen and oxygen atoms in total. The van der Waals surface area contributed by atoms with Crippen molar-refractivity contribution in [3.8, 4) is 0 Å². The first kappa shape index (κ1) is 11.9. The Hall–Kier alpha value is -1.58. The van der Waals surface area contributed by atoms with Crippen LogP contribution in [0.15, 0.2) is 18.5 Å². The maximum atomic E-state index is 11.0. The van der Waals surface area contributed by atoms with Crippen LogP contribution in [0.5, 0.6) is 0 Å². The lowest BCUT2D eigenvalue weighted by atomic mass is 9.89.